The molecule has 4 rings (SSSR count). The lowest BCUT2D eigenvalue weighted by atomic mass is 10.1. The van der Waals surface area contributed by atoms with Gasteiger partial charge in [0.15, 0.2) is 0 Å². The zero-order valence-electron chi connectivity index (χ0n) is 18.4. The highest BCUT2D eigenvalue weighted by Gasteiger charge is 2.24. The summed E-state index contributed by atoms with van der Waals surface area (Å²) >= 11 is 5.89. The molecule has 0 unspecified atom stereocenters. The van der Waals surface area contributed by atoms with E-state index >= 15 is 0 Å². The number of ether oxygens (including phenoxy) is 1. The Labute approximate surface area is 201 Å². The number of fused-ring (bicyclic) bond motifs is 1. The molecule has 0 bridgehead atoms. The monoisotopic (exact) mass is 496 g/mol. The maximum Gasteiger partial charge on any atom is 0.244 e. The molecule has 34 heavy (non-hydrogen) atoms. The van der Waals surface area contributed by atoms with Crippen molar-refractivity contribution in [1.82, 2.24) is 4.57 Å². The smallest absolute Gasteiger partial charge is 0.244 e. The first-order valence-electron chi connectivity index (χ1n) is 10.3. The quantitative estimate of drug-likeness (QED) is 0.426. The van der Waals surface area contributed by atoms with Crippen LogP contribution in [0, 0.1) is 6.92 Å². The summed E-state index contributed by atoms with van der Waals surface area (Å²) in [7, 11) is -2.61. The predicted molar refractivity (Wildman–Crippen MR) is 131 cm³/mol. The number of halogens is 1. The van der Waals surface area contributed by atoms with Crippen LogP contribution >= 0.6 is 11.6 Å². The van der Waals surface area contributed by atoms with E-state index in [9.17, 15) is 18.0 Å². The Balaban J connectivity index is 1.78. The summed E-state index contributed by atoms with van der Waals surface area (Å²) in [5.41, 5.74) is 1.18. The number of anilines is 1. The van der Waals surface area contributed by atoms with E-state index < -0.39 is 20.2 Å². The van der Waals surface area contributed by atoms with E-state index in [-0.39, 0.29) is 22.7 Å². The van der Waals surface area contributed by atoms with Crippen molar-refractivity contribution in [2.75, 3.05) is 12.4 Å². The second-order valence-electron chi connectivity index (χ2n) is 7.71. The molecule has 7 nitrogen and oxygen atoms in total. The normalized spacial score (nSPS) is 11.4. The molecule has 0 spiro atoms. The van der Waals surface area contributed by atoms with E-state index in [1.165, 1.54) is 35.0 Å². The topological polar surface area (TPSA) is 94.5 Å². The SMILES string of the molecule is COc1ccc(NC(=O)Cn2cc(S(=O)(=O)c3ccc(Cl)cc3)c(=O)c3cc(C)ccc32)cc1. The number of pyridine rings is 1. The summed E-state index contributed by atoms with van der Waals surface area (Å²) < 4.78 is 33.2. The van der Waals surface area contributed by atoms with Crippen LogP contribution in [0.1, 0.15) is 5.56 Å². The fourth-order valence-electron chi connectivity index (χ4n) is 3.58. The summed E-state index contributed by atoms with van der Waals surface area (Å²) in [6.07, 6.45) is 1.22. The van der Waals surface area contributed by atoms with E-state index in [0.717, 1.165) is 5.56 Å². The number of aromatic nitrogens is 1. The van der Waals surface area contributed by atoms with Gasteiger partial charge >= 0.3 is 0 Å². The lowest BCUT2D eigenvalue weighted by Gasteiger charge is -2.15. The third kappa shape index (κ3) is 4.69. The van der Waals surface area contributed by atoms with Gasteiger partial charge in [0.1, 0.15) is 17.2 Å². The van der Waals surface area contributed by atoms with Crippen LogP contribution in [0.4, 0.5) is 5.69 Å². The standard InChI is InChI=1S/C25H21ClN2O5S/c1-16-3-12-22-21(13-16)25(30)23(34(31,32)20-10-4-17(26)5-11-20)14-28(22)15-24(29)27-18-6-8-19(33-2)9-7-18/h3-14H,15H2,1-2H3,(H,27,29). The Hall–Kier alpha value is -3.62. The van der Waals surface area contributed by atoms with Gasteiger partial charge in [0.05, 0.1) is 17.5 Å². The molecular weight excluding hydrogens is 476 g/mol. The van der Waals surface area contributed by atoms with Gasteiger partial charge in [-0.3, -0.25) is 9.59 Å². The molecule has 0 aliphatic carbocycles. The van der Waals surface area contributed by atoms with E-state index in [4.69, 9.17) is 16.3 Å². The Morgan fingerprint density at radius 2 is 1.71 bits per heavy atom. The predicted octanol–water partition coefficient (Wildman–Crippen LogP) is 4.44. The van der Waals surface area contributed by atoms with Gasteiger partial charge in [-0.2, -0.15) is 0 Å². The van der Waals surface area contributed by atoms with Crippen molar-refractivity contribution in [3.05, 3.63) is 93.7 Å². The number of benzene rings is 3. The van der Waals surface area contributed by atoms with Gasteiger partial charge in [0, 0.05) is 22.3 Å². The molecule has 0 saturated heterocycles. The number of nitrogens with zero attached hydrogens (tertiary/aromatic N) is 1. The van der Waals surface area contributed by atoms with Crippen LogP contribution < -0.4 is 15.5 Å². The van der Waals surface area contributed by atoms with E-state index in [2.05, 4.69) is 5.32 Å². The van der Waals surface area contributed by atoms with Crippen molar-refractivity contribution in [3.8, 4) is 5.75 Å². The van der Waals surface area contributed by atoms with Crippen LogP contribution in [0.5, 0.6) is 5.75 Å². The van der Waals surface area contributed by atoms with Crippen LogP contribution in [0.3, 0.4) is 0 Å². The van der Waals surface area contributed by atoms with Crippen molar-refractivity contribution in [2.45, 2.75) is 23.3 Å². The number of sulfone groups is 1. The van der Waals surface area contributed by atoms with Crippen LogP contribution in [0.15, 0.2) is 87.5 Å². The lowest BCUT2D eigenvalue weighted by Crippen LogP contribution is -2.24. The fraction of sp³-hybridized carbons (Fsp3) is 0.120. The fourth-order valence-corrected chi connectivity index (χ4v) is 5.07. The number of nitrogens with one attached hydrogen (secondary N) is 1. The molecule has 1 N–H and O–H groups in total. The van der Waals surface area contributed by atoms with Gasteiger partial charge in [-0.05, 0) is 67.6 Å². The number of carbonyl (C=O) groups excluding carboxylic acids is 1. The molecule has 0 aliphatic rings. The zero-order valence-corrected chi connectivity index (χ0v) is 20.0. The molecule has 9 heteroatoms. The van der Waals surface area contributed by atoms with Crippen LogP contribution in [0.25, 0.3) is 10.9 Å². The molecule has 3 aromatic carbocycles. The first-order chi connectivity index (χ1) is 16.2. The summed E-state index contributed by atoms with van der Waals surface area (Å²) in [6.45, 7) is 1.61. The van der Waals surface area contributed by atoms with Crippen molar-refractivity contribution < 1.29 is 17.9 Å². The molecule has 174 valence electrons. The van der Waals surface area contributed by atoms with Crippen LogP contribution in [-0.2, 0) is 21.2 Å². The largest absolute Gasteiger partial charge is 0.497 e. The molecule has 0 saturated carbocycles. The second kappa shape index (κ2) is 9.32. The van der Waals surface area contributed by atoms with E-state index in [0.29, 0.717) is 22.0 Å². The van der Waals surface area contributed by atoms with Gasteiger partial charge in [0.2, 0.25) is 21.2 Å². The van der Waals surface area contributed by atoms with E-state index in [1.54, 1.807) is 56.5 Å². The average molecular weight is 497 g/mol. The molecular formula is C25H21ClN2O5S. The number of carbonyl (C=O) groups is 1. The van der Waals surface area contributed by atoms with Gasteiger partial charge in [-0.25, -0.2) is 8.42 Å². The Bertz CT molecular complexity index is 1540. The van der Waals surface area contributed by atoms with E-state index in [1.807, 2.05) is 0 Å². The molecule has 1 amide bonds. The molecule has 0 fully saturated rings. The average Bonchev–Trinajstić information content (AvgIpc) is 2.81. The highest BCUT2D eigenvalue weighted by molar-refractivity contribution is 7.91. The third-order valence-electron chi connectivity index (χ3n) is 5.30. The number of aryl methyl sites for hydroxylation is 1. The maximum atomic E-state index is 13.3. The number of hydrogen-bond acceptors (Lipinski definition) is 5. The summed E-state index contributed by atoms with van der Waals surface area (Å²) in [6, 6.07) is 17.5. The van der Waals surface area contributed by atoms with Crippen molar-refractivity contribution in [3.63, 3.8) is 0 Å². The molecule has 4 aromatic rings. The minimum atomic E-state index is -4.15. The van der Waals surface area contributed by atoms with Crippen LogP contribution in [0.2, 0.25) is 5.02 Å². The molecule has 0 radical (unpaired) electrons. The van der Waals surface area contributed by atoms with Gasteiger partial charge in [-0.15, -0.1) is 0 Å². The summed E-state index contributed by atoms with van der Waals surface area (Å²) in [5.74, 6) is 0.266. The number of amides is 1. The van der Waals surface area contributed by atoms with Gasteiger partial charge < -0.3 is 14.6 Å². The highest BCUT2D eigenvalue weighted by atomic mass is 35.5. The zero-order chi connectivity index (χ0) is 24.5. The molecule has 1 aromatic heterocycles. The third-order valence-corrected chi connectivity index (χ3v) is 7.32. The first-order valence-corrected chi connectivity index (χ1v) is 12.1. The number of hydrogen-bond donors (Lipinski definition) is 1. The van der Waals surface area contributed by atoms with Gasteiger partial charge in [0.25, 0.3) is 0 Å². The number of rotatable bonds is 6. The number of methoxy groups -OCH3 is 1. The first kappa shape index (κ1) is 23.5. The summed E-state index contributed by atoms with van der Waals surface area (Å²) in [5, 5.41) is 3.36. The Kier molecular flexibility index (Phi) is 6.45. The Morgan fingerprint density at radius 1 is 1.03 bits per heavy atom. The molecule has 0 aliphatic heterocycles. The van der Waals surface area contributed by atoms with Crippen molar-refractivity contribution in [2.24, 2.45) is 0 Å². The summed E-state index contributed by atoms with van der Waals surface area (Å²) in [4.78, 5) is 25.5. The lowest BCUT2D eigenvalue weighted by molar-refractivity contribution is -0.116. The minimum Gasteiger partial charge on any atom is -0.497 e. The second-order valence-corrected chi connectivity index (χ2v) is 10.1. The minimum absolute atomic E-state index is 0.0600. The van der Waals surface area contributed by atoms with Gasteiger partial charge in [-0.1, -0.05) is 23.2 Å². The molecule has 1 heterocycles. The van der Waals surface area contributed by atoms with Crippen LogP contribution in [-0.4, -0.2) is 26.0 Å². The van der Waals surface area contributed by atoms with Crippen molar-refractivity contribution in [1.29, 1.82) is 0 Å². The highest BCUT2D eigenvalue weighted by Crippen LogP contribution is 2.23. The Morgan fingerprint density at radius 3 is 2.35 bits per heavy atom. The molecule has 0 atom stereocenters. The van der Waals surface area contributed by atoms with Crippen molar-refractivity contribution >= 4 is 43.9 Å². The maximum absolute atomic E-state index is 13.3.